The van der Waals surface area contributed by atoms with Crippen molar-refractivity contribution in [1.29, 1.82) is 0 Å². The van der Waals surface area contributed by atoms with Crippen LogP contribution >= 0.6 is 0 Å². The molecule has 0 radical (unpaired) electrons. The largest absolute Gasteiger partial charge is 0.376 e. The summed E-state index contributed by atoms with van der Waals surface area (Å²) in [6.45, 7) is 5.16. The molecule has 4 heterocycles. The molecule has 2 aromatic heterocycles. The highest BCUT2D eigenvalue weighted by Gasteiger charge is 2.46. The highest BCUT2D eigenvalue weighted by atomic mass is 16.5. The third kappa shape index (κ3) is 2.39. The zero-order valence-electron chi connectivity index (χ0n) is 14.4. The lowest BCUT2D eigenvalue weighted by atomic mass is 9.80. The number of aryl methyl sites for hydroxylation is 1. The Bertz CT molecular complexity index is 750. The quantitative estimate of drug-likeness (QED) is 0.824. The van der Waals surface area contributed by atoms with Gasteiger partial charge in [-0.25, -0.2) is 19.9 Å². The molecule has 126 valence electrons. The Morgan fingerprint density at radius 1 is 1.29 bits per heavy atom. The minimum absolute atomic E-state index is 0.0863. The van der Waals surface area contributed by atoms with E-state index in [9.17, 15) is 0 Å². The first-order chi connectivity index (χ1) is 11.6. The van der Waals surface area contributed by atoms with E-state index >= 15 is 0 Å². The lowest BCUT2D eigenvalue weighted by molar-refractivity contribution is 0.0552. The van der Waals surface area contributed by atoms with Crippen molar-refractivity contribution in [3.05, 3.63) is 35.5 Å². The van der Waals surface area contributed by atoms with Gasteiger partial charge in [-0.1, -0.05) is 0 Å². The molecule has 0 aromatic carbocycles. The van der Waals surface area contributed by atoms with Crippen LogP contribution in [0.2, 0.25) is 0 Å². The second-order valence-electron chi connectivity index (χ2n) is 6.84. The number of aromatic nitrogens is 4. The topological polar surface area (TPSA) is 67.3 Å². The van der Waals surface area contributed by atoms with Crippen molar-refractivity contribution in [3.63, 3.8) is 0 Å². The zero-order chi connectivity index (χ0) is 16.7. The number of nitrogens with zero attached hydrogens (tertiary/aromatic N) is 6. The summed E-state index contributed by atoms with van der Waals surface area (Å²) < 4.78 is 5.95. The summed E-state index contributed by atoms with van der Waals surface area (Å²) in [5.74, 6) is 1.74. The van der Waals surface area contributed by atoms with Crippen LogP contribution < -0.4 is 9.80 Å². The number of hydrogen-bond acceptors (Lipinski definition) is 7. The van der Waals surface area contributed by atoms with E-state index < -0.39 is 0 Å². The van der Waals surface area contributed by atoms with Crippen LogP contribution in [0.25, 0.3) is 0 Å². The van der Waals surface area contributed by atoms with Gasteiger partial charge in [-0.15, -0.1) is 0 Å². The van der Waals surface area contributed by atoms with Gasteiger partial charge in [0.1, 0.15) is 12.1 Å². The van der Waals surface area contributed by atoms with Gasteiger partial charge in [0, 0.05) is 44.6 Å². The van der Waals surface area contributed by atoms with Crippen molar-refractivity contribution in [2.24, 2.45) is 0 Å². The third-order valence-electron chi connectivity index (χ3n) is 4.97. The van der Waals surface area contributed by atoms with Gasteiger partial charge < -0.3 is 14.5 Å². The first kappa shape index (κ1) is 15.3. The molecule has 0 aliphatic carbocycles. The van der Waals surface area contributed by atoms with Crippen LogP contribution in [0.5, 0.6) is 0 Å². The maximum Gasteiger partial charge on any atom is 0.225 e. The smallest absolute Gasteiger partial charge is 0.225 e. The van der Waals surface area contributed by atoms with E-state index in [1.165, 1.54) is 0 Å². The van der Waals surface area contributed by atoms with Gasteiger partial charge in [0.2, 0.25) is 5.95 Å². The van der Waals surface area contributed by atoms with E-state index in [0.29, 0.717) is 13.2 Å². The van der Waals surface area contributed by atoms with Crippen molar-refractivity contribution >= 4 is 11.8 Å². The second kappa shape index (κ2) is 5.66. The Morgan fingerprint density at radius 2 is 2.17 bits per heavy atom. The molecule has 0 N–H and O–H groups in total. The molecule has 2 aliphatic rings. The molecule has 0 amide bonds. The maximum absolute atomic E-state index is 5.95. The van der Waals surface area contributed by atoms with Crippen LogP contribution in [0.4, 0.5) is 11.8 Å². The average molecular weight is 326 g/mol. The molecule has 1 spiro atoms. The Morgan fingerprint density at radius 3 is 2.92 bits per heavy atom. The molecule has 0 bridgehead atoms. The normalized spacial score (nSPS) is 22.7. The van der Waals surface area contributed by atoms with E-state index in [0.717, 1.165) is 48.2 Å². The number of hydrogen-bond donors (Lipinski definition) is 0. The molecule has 1 atom stereocenters. The Hall–Kier alpha value is -2.28. The van der Waals surface area contributed by atoms with Gasteiger partial charge in [-0.2, -0.15) is 0 Å². The van der Waals surface area contributed by atoms with Crippen LogP contribution in [-0.2, 0) is 16.8 Å². The third-order valence-corrected chi connectivity index (χ3v) is 4.97. The van der Waals surface area contributed by atoms with E-state index in [1.807, 2.05) is 32.0 Å². The number of rotatable bonds is 2. The summed E-state index contributed by atoms with van der Waals surface area (Å²) in [5.41, 5.74) is 3.23. The number of ether oxygens (including phenoxy) is 1. The van der Waals surface area contributed by atoms with Crippen LogP contribution in [-0.4, -0.2) is 53.7 Å². The van der Waals surface area contributed by atoms with Gasteiger partial charge in [0.25, 0.3) is 0 Å². The fourth-order valence-electron chi connectivity index (χ4n) is 3.66. The van der Waals surface area contributed by atoms with Crippen molar-refractivity contribution in [1.82, 2.24) is 19.9 Å². The van der Waals surface area contributed by atoms with Gasteiger partial charge in [-0.05, 0) is 19.4 Å². The van der Waals surface area contributed by atoms with Crippen molar-refractivity contribution in [2.45, 2.75) is 25.4 Å². The molecule has 2 aliphatic heterocycles. The molecule has 2 aromatic rings. The summed E-state index contributed by atoms with van der Waals surface area (Å²) >= 11 is 0. The Kier molecular flexibility index (Phi) is 3.60. The van der Waals surface area contributed by atoms with Gasteiger partial charge >= 0.3 is 0 Å². The first-order valence-electron chi connectivity index (χ1n) is 8.23. The first-order valence-corrected chi connectivity index (χ1v) is 8.23. The standard InChI is InChI=1S/C17H22N6O/c1-12-13-8-24-10-17(15(13)21-16(20-12)22(2)3)5-7-23(9-17)14-4-6-18-11-19-14/h4,6,11H,5,7-10H2,1-3H3. The molecular formula is C17H22N6O. The predicted molar refractivity (Wildman–Crippen MR) is 91.3 cm³/mol. The van der Waals surface area contributed by atoms with Crippen molar-refractivity contribution < 1.29 is 4.74 Å². The molecule has 1 unspecified atom stereocenters. The van der Waals surface area contributed by atoms with E-state index in [4.69, 9.17) is 9.72 Å². The second-order valence-corrected chi connectivity index (χ2v) is 6.84. The number of anilines is 2. The fraction of sp³-hybridized carbons (Fsp3) is 0.529. The SMILES string of the molecule is Cc1nc(N(C)C)nc2c1COCC21CCN(c2ccncn2)C1. The van der Waals surface area contributed by atoms with Crippen LogP contribution in [0.3, 0.4) is 0 Å². The summed E-state index contributed by atoms with van der Waals surface area (Å²) in [4.78, 5) is 22.2. The summed E-state index contributed by atoms with van der Waals surface area (Å²) in [5, 5.41) is 0. The highest BCUT2D eigenvalue weighted by molar-refractivity contribution is 5.46. The van der Waals surface area contributed by atoms with Crippen molar-refractivity contribution in [3.8, 4) is 0 Å². The monoisotopic (exact) mass is 326 g/mol. The molecule has 1 saturated heterocycles. The molecule has 0 saturated carbocycles. The van der Waals surface area contributed by atoms with E-state index in [1.54, 1.807) is 12.5 Å². The lowest BCUT2D eigenvalue weighted by Crippen LogP contribution is -2.41. The number of fused-ring (bicyclic) bond motifs is 2. The van der Waals surface area contributed by atoms with E-state index in [2.05, 4.69) is 19.9 Å². The van der Waals surface area contributed by atoms with Crippen LogP contribution in [0.1, 0.15) is 23.4 Å². The molecule has 24 heavy (non-hydrogen) atoms. The summed E-state index contributed by atoms with van der Waals surface area (Å²) in [6.07, 6.45) is 4.39. The predicted octanol–water partition coefficient (Wildman–Crippen LogP) is 1.32. The molecular weight excluding hydrogens is 304 g/mol. The minimum Gasteiger partial charge on any atom is -0.376 e. The maximum atomic E-state index is 5.95. The molecule has 7 heteroatoms. The fourth-order valence-corrected chi connectivity index (χ4v) is 3.66. The average Bonchev–Trinajstić information content (AvgIpc) is 3.01. The molecule has 4 rings (SSSR count). The zero-order valence-corrected chi connectivity index (χ0v) is 14.4. The van der Waals surface area contributed by atoms with Crippen LogP contribution in [0.15, 0.2) is 18.6 Å². The highest BCUT2D eigenvalue weighted by Crippen LogP contribution is 2.41. The van der Waals surface area contributed by atoms with Gasteiger partial charge in [-0.3, -0.25) is 0 Å². The van der Waals surface area contributed by atoms with E-state index in [-0.39, 0.29) is 5.41 Å². The molecule has 7 nitrogen and oxygen atoms in total. The van der Waals surface area contributed by atoms with Crippen LogP contribution in [0, 0.1) is 6.92 Å². The summed E-state index contributed by atoms with van der Waals surface area (Å²) in [6, 6.07) is 1.96. The van der Waals surface area contributed by atoms with Crippen molar-refractivity contribution in [2.75, 3.05) is 43.6 Å². The minimum atomic E-state index is -0.0863. The Balaban J connectivity index is 1.74. The van der Waals surface area contributed by atoms with Gasteiger partial charge in [0.05, 0.1) is 24.3 Å². The Labute approximate surface area is 141 Å². The summed E-state index contributed by atoms with van der Waals surface area (Å²) in [7, 11) is 3.96. The lowest BCUT2D eigenvalue weighted by Gasteiger charge is -2.35. The van der Waals surface area contributed by atoms with Gasteiger partial charge in [0.15, 0.2) is 0 Å². The molecule has 1 fully saturated rings.